The van der Waals surface area contributed by atoms with Crippen molar-refractivity contribution in [2.45, 2.75) is 13.3 Å². The Morgan fingerprint density at radius 2 is 1.84 bits per heavy atom. The van der Waals surface area contributed by atoms with Gasteiger partial charge in [0, 0.05) is 19.9 Å². The van der Waals surface area contributed by atoms with Gasteiger partial charge in [-0.2, -0.15) is 0 Å². The zero-order valence-electron chi connectivity index (χ0n) is 13.9. The third-order valence-electron chi connectivity index (χ3n) is 3.55. The van der Waals surface area contributed by atoms with Gasteiger partial charge in [0.2, 0.25) is 11.8 Å². The van der Waals surface area contributed by atoms with E-state index in [-0.39, 0.29) is 29.8 Å². The Balaban J connectivity index is 2.07. The minimum absolute atomic E-state index is 0.0977. The van der Waals surface area contributed by atoms with Crippen molar-refractivity contribution < 1.29 is 14.3 Å². The summed E-state index contributed by atoms with van der Waals surface area (Å²) in [4.78, 5) is 25.6. The van der Waals surface area contributed by atoms with E-state index in [1.807, 2.05) is 6.07 Å². The van der Waals surface area contributed by atoms with Crippen molar-refractivity contribution in [2.75, 3.05) is 23.9 Å². The highest BCUT2D eigenvalue weighted by Gasteiger charge is 2.18. The lowest BCUT2D eigenvalue weighted by molar-refractivity contribution is -0.117. The fourth-order valence-corrected chi connectivity index (χ4v) is 2.72. The maximum atomic E-state index is 12.2. The minimum atomic E-state index is -0.242. The standard InChI is InChI=1S/C18H18Cl2N2O3/c1-12(23)22(15-8-5-6-13(19)18(15)20)11-10-17(24)21-14-7-3-4-9-16(14)25-2/h3-9H,10-11H2,1-2H3,(H,21,24). The summed E-state index contributed by atoms with van der Waals surface area (Å²) >= 11 is 12.2. The van der Waals surface area contributed by atoms with Gasteiger partial charge >= 0.3 is 0 Å². The number of nitrogens with one attached hydrogen (secondary N) is 1. The topological polar surface area (TPSA) is 58.6 Å². The molecule has 5 nitrogen and oxygen atoms in total. The lowest BCUT2D eigenvalue weighted by atomic mass is 10.2. The van der Waals surface area contributed by atoms with Crippen LogP contribution in [0.25, 0.3) is 0 Å². The van der Waals surface area contributed by atoms with Gasteiger partial charge in [-0.15, -0.1) is 0 Å². The highest BCUT2D eigenvalue weighted by molar-refractivity contribution is 6.44. The van der Waals surface area contributed by atoms with Gasteiger partial charge in [0.05, 0.1) is 28.5 Å². The smallest absolute Gasteiger partial charge is 0.226 e. The SMILES string of the molecule is COc1ccccc1NC(=O)CCN(C(C)=O)c1cccc(Cl)c1Cl. The Labute approximate surface area is 156 Å². The van der Waals surface area contributed by atoms with Gasteiger partial charge in [-0.05, 0) is 24.3 Å². The number of nitrogens with zero attached hydrogens (tertiary/aromatic N) is 1. The fourth-order valence-electron chi connectivity index (χ4n) is 2.32. The lowest BCUT2D eigenvalue weighted by Crippen LogP contribution is -2.32. The number of hydrogen-bond acceptors (Lipinski definition) is 3. The molecule has 1 N–H and O–H groups in total. The zero-order valence-corrected chi connectivity index (χ0v) is 15.4. The molecule has 0 unspecified atom stereocenters. The normalized spacial score (nSPS) is 10.2. The Morgan fingerprint density at radius 1 is 1.12 bits per heavy atom. The van der Waals surface area contributed by atoms with E-state index in [2.05, 4.69) is 5.32 Å². The Hall–Kier alpha value is -2.24. The Morgan fingerprint density at radius 3 is 2.52 bits per heavy atom. The van der Waals surface area contributed by atoms with Crippen LogP contribution in [0, 0.1) is 0 Å². The molecule has 0 heterocycles. The van der Waals surface area contributed by atoms with Gasteiger partial charge in [0.15, 0.2) is 0 Å². The maximum absolute atomic E-state index is 12.2. The molecule has 0 fully saturated rings. The monoisotopic (exact) mass is 380 g/mol. The van der Waals surface area contributed by atoms with E-state index in [1.165, 1.54) is 18.9 Å². The molecule has 0 spiro atoms. The molecule has 2 rings (SSSR count). The van der Waals surface area contributed by atoms with Crippen LogP contribution in [0.5, 0.6) is 5.75 Å². The van der Waals surface area contributed by atoms with E-state index in [1.54, 1.807) is 36.4 Å². The predicted octanol–water partition coefficient (Wildman–Crippen LogP) is 4.38. The molecule has 0 atom stereocenters. The zero-order chi connectivity index (χ0) is 18.4. The summed E-state index contributed by atoms with van der Waals surface area (Å²) in [7, 11) is 1.53. The summed E-state index contributed by atoms with van der Waals surface area (Å²) in [6.07, 6.45) is 0.0977. The number of para-hydroxylation sites is 2. The van der Waals surface area contributed by atoms with Crippen molar-refractivity contribution in [3.05, 3.63) is 52.5 Å². The summed E-state index contributed by atoms with van der Waals surface area (Å²) in [5.74, 6) is 0.0975. The largest absolute Gasteiger partial charge is 0.495 e. The van der Waals surface area contributed by atoms with Crippen LogP contribution in [-0.2, 0) is 9.59 Å². The molecule has 0 aromatic heterocycles. The van der Waals surface area contributed by atoms with Gasteiger partial charge < -0.3 is 15.0 Å². The van der Waals surface area contributed by atoms with Crippen LogP contribution in [0.2, 0.25) is 10.0 Å². The highest BCUT2D eigenvalue weighted by atomic mass is 35.5. The number of amides is 2. The second-order valence-electron chi connectivity index (χ2n) is 5.24. The first-order valence-corrected chi connectivity index (χ1v) is 8.34. The Bertz CT molecular complexity index is 781. The van der Waals surface area contributed by atoms with E-state index < -0.39 is 0 Å². The molecule has 0 aliphatic heterocycles. The van der Waals surface area contributed by atoms with Crippen LogP contribution in [0.1, 0.15) is 13.3 Å². The second kappa shape index (κ2) is 8.74. The molecule has 2 aromatic carbocycles. The van der Waals surface area contributed by atoms with Gasteiger partial charge in [-0.1, -0.05) is 41.4 Å². The second-order valence-corrected chi connectivity index (χ2v) is 6.03. The molecule has 0 radical (unpaired) electrons. The molecule has 2 amide bonds. The number of ether oxygens (including phenoxy) is 1. The molecule has 0 saturated carbocycles. The third kappa shape index (κ3) is 4.87. The molecular weight excluding hydrogens is 363 g/mol. The summed E-state index contributed by atoms with van der Waals surface area (Å²) < 4.78 is 5.20. The molecule has 25 heavy (non-hydrogen) atoms. The number of carbonyl (C=O) groups is 2. The van der Waals surface area contributed by atoms with E-state index in [4.69, 9.17) is 27.9 Å². The van der Waals surface area contributed by atoms with Crippen molar-refractivity contribution in [1.29, 1.82) is 0 Å². The van der Waals surface area contributed by atoms with Crippen molar-refractivity contribution in [2.24, 2.45) is 0 Å². The van der Waals surface area contributed by atoms with E-state index in [0.717, 1.165) is 0 Å². The molecular formula is C18H18Cl2N2O3. The number of anilines is 2. The number of benzene rings is 2. The van der Waals surface area contributed by atoms with Gasteiger partial charge in [0.1, 0.15) is 5.75 Å². The first-order valence-electron chi connectivity index (χ1n) is 7.59. The average molecular weight is 381 g/mol. The summed E-state index contributed by atoms with van der Waals surface area (Å²) in [6, 6.07) is 12.1. The number of rotatable bonds is 6. The summed E-state index contributed by atoms with van der Waals surface area (Å²) in [5.41, 5.74) is 1.05. The first kappa shape index (κ1) is 19.1. The van der Waals surface area contributed by atoms with Crippen molar-refractivity contribution >= 4 is 46.4 Å². The number of carbonyl (C=O) groups excluding carboxylic acids is 2. The minimum Gasteiger partial charge on any atom is -0.495 e. The van der Waals surface area contributed by atoms with Crippen LogP contribution in [0.15, 0.2) is 42.5 Å². The van der Waals surface area contributed by atoms with Crippen LogP contribution in [-0.4, -0.2) is 25.5 Å². The Kier molecular flexibility index (Phi) is 6.67. The number of halogens is 2. The summed E-state index contributed by atoms with van der Waals surface area (Å²) in [5, 5.41) is 3.41. The maximum Gasteiger partial charge on any atom is 0.226 e. The highest BCUT2D eigenvalue weighted by Crippen LogP contribution is 2.32. The third-order valence-corrected chi connectivity index (χ3v) is 4.35. The van der Waals surface area contributed by atoms with Crippen molar-refractivity contribution in [3.8, 4) is 5.75 Å². The number of methoxy groups -OCH3 is 1. The first-order chi connectivity index (χ1) is 11.9. The molecule has 0 aliphatic rings. The predicted molar refractivity (Wildman–Crippen MR) is 101 cm³/mol. The van der Waals surface area contributed by atoms with E-state index in [9.17, 15) is 9.59 Å². The van der Waals surface area contributed by atoms with Crippen LogP contribution in [0.3, 0.4) is 0 Å². The molecule has 0 aliphatic carbocycles. The van der Waals surface area contributed by atoms with Gasteiger partial charge in [-0.25, -0.2) is 0 Å². The van der Waals surface area contributed by atoms with Crippen molar-refractivity contribution in [1.82, 2.24) is 0 Å². The molecule has 132 valence electrons. The quantitative estimate of drug-likeness (QED) is 0.808. The molecule has 0 bridgehead atoms. The number of hydrogen-bond donors (Lipinski definition) is 1. The fraction of sp³-hybridized carbons (Fsp3) is 0.222. The van der Waals surface area contributed by atoms with Gasteiger partial charge in [-0.3, -0.25) is 9.59 Å². The van der Waals surface area contributed by atoms with Crippen LogP contribution in [0.4, 0.5) is 11.4 Å². The average Bonchev–Trinajstić information content (AvgIpc) is 2.59. The summed E-state index contributed by atoms with van der Waals surface area (Å²) in [6.45, 7) is 1.59. The molecule has 7 heteroatoms. The van der Waals surface area contributed by atoms with Crippen molar-refractivity contribution in [3.63, 3.8) is 0 Å². The molecule has 2 aromatic rings. The van der Waals surface area contributed by atoms with Crippen LogP contribution < -0.4 is 15.0 Å². The van der Waals surface area contributed by atoms with E-state index in [0.29, 0.717) is 22.1 Å². The van der Waals surface area contributed by atoms with Crippen LogP contribution >= 0.6 is 23.2 Å². The lowest BCUT2D eigenvalue weighted by Gasteiger charge is -2.22. The van der Waals surface area contributed by atoms with Gasteiger partial charge in [0.25, 0.3) is 0 Å². The molecule has 0 saturated heterocycles. The van der Waals surface area contributed by atoms with E-state index >= 15 is 0 Å².